The van der Waals surface area contributed by atoms with Gasteiger partial charge in [-0.25, -0.2) is 4.79 Å². The largest absolute Gasteiger partial charge is 0.507 e. The van der Waals surface area contributed by atoms with Crippen molar-refractivity contribution in [1.82, 2.24) is 4.57 Å². The molecule has 4 aromatic rings. The summed E-state index contributed by atoms with van der Waals surface area (Å²) in [5.41, 5.74) is 3.23. The highest BCUT2D eigenvalue weighted by molar-refractivity contribution is 6.16. The molecule has 3 aromatic carbocycles. The zero-order chi connectivity index (χ0) is 20.5. The van der Waals surface area contributed by atoms with Crippen LogP contribution in [0, 0.1) is 13.8 Å². The van der Waals surface area contributed by atoms with Crippen LogP contribution in [0.15, 0.2) is 54.6 Å². The molecule has 1 N–H and O–H groups in total. The molecule has 0 atom stereocenters. The van der Waals surface area contributed by atoms with Crippen molar-refractivity contribution in [2.45, 2.75) is 20.4 Å². The molecule has 1 heterocycles. The number of methoxy groups -OCH3 is 1. The first kappa shape index (κ1) is 18.9. The van der Waals surface area contributed by atoms with Crippen molar-refractivity contribution < 1.29 is 19.4 Å². The van der Waals surface area contributed by atoms with E-state index in [-0.39, 0.29) is 5.75 Å². The molecule has 0 aliphatic heterocycles. The van der Waals surface area contributed by atoms with Gasteiger partial charge in [-0.2, -0.15) is 0 Å². The second-order valence-corrected chi connectivity index (χ2v) is 7.06. The fourth-order valence-corrected chi connectivity index (χ4v) is 3.92. The van der Waals surface area contributed by atoms with Crippen LogP contribution in [0.3, 0.4) is 0 Å². The van der Waals surface area contributed by atoms with Crippen LogP contribution < -0.4 is 4.74 Å². The maximum atomic E-state index is 12.5. The Morgan fingerprint density at radius 3 is 2.41 bits per heavy atom. The second kappa shape index (κ2) is 7.51. The van der Waals surface area contributed by atoms with Crippen molar-refractivity contribution in [1.29, 1.82) is 0 Å². The van der Waals surface area contributed by atoms with E-state index in [0.717, 1.165) is 33.3 Å². The maximum Gasteiger partial charge on any atom is 0.340 e. The summed E-state index contributed by atoms with van der Waals surface area (Å²) in [7, 11) is 1.37. The number of rotatable bonds is 5. The van der Waals surface area contributed by atoms with Crippen LogP contribution in [0.25, 0.3) is 21.7 Å². The van der Waals surface area contributed by atoms with Gasteiger partial charge in [-0.15, -0.1) is 0 Å². The summed E-state index contributed by atoms with van der Waals surface area (Å²) >= 11 is 0. The molecule has 0 bridgehead atoms. The Morgan fingerprint density at radius 2 is 1.69 bits per heavy atom. The minimum Gasteiger partial charge on any atom is -0.507 e. The van der Waals surface area contributed by atoms with Gasteiger partial charge in [0, 0.05) is 21.9 Å². The number of phenols is 1. The van der Waals surface area contributed by atoms with Crippen molar-refractivity contribution in [2.24, 2.45) is 0 Å². The smallest absolute Gasteiger partial charge is 0.340 e. The van der Waals surface area contributed by atoms with Crippen molar-refractivity contribution >= 4 is 27.6 Å². The number of aromatic hydroxyl groups is 1. The lowest BCUT2D eigenvalue weighted by Crippen LogP contribution is -2.11. The highest BCUT2D eigenvalue weighted by Crippen LogP contribution is 2.37. The maximum absolute atomic E-state index is 12.5. The number of esters is 1. The molecular formula is C24H23NO4. The lowest BCUT2D eigenvalue weighted by molar-refractivity contribution is 0.0601. The van der Waals surface area contributed by atoms with Crippen molar-refractivity contribution in [3.63, 3.8) is 0 Å². The average molecular weight is 389 g/mol. The van der Waals surface area contributed by atoms with Gasteiger partial charge >= 0.3 is 5.97 Å². The van der Waals surface area contributed by atoms with E-state index in [9.17, 15) is 9.90 Å². The Morgan fingerprint density at radius 1 is 1.00 bits per heavy atom. The van der Waals surface area contributed by atoms with Gasteiger partial charge in [0.15, 0.2) is 0 Å². The Balaban J connectivity index is 1.84. The van der Waals surface area contributed by atoms with Crippen LogP contribution in [-0.4, -0.2) is 29.4 Å². The number of carbonyl (C=O) groups is 1. The lowest BCUT2D eigenvalue weighted by Gasteiger charge is -2.13. The summed E-state index contributed by atoms with van der Waals surface area (Å²) in [5, 5.41) is 12.8. The van der Waals surface area contributed by atoms with Gasteiger partial charge in [0.2, 0.25) is 0 Å². The van der Waals surface area contributed by atoms with Gasteiger partial charge in [-0.3, -0.25) is 0 Å². The topological polar surface area (TPSA) is 60.7 Å². The van der Waals surface area contributed by atoms with Crippen LogP contribution >= 0.6 is 0 Å². The molecule has 0 radical (unpaired) electrons. The number of phenolic OH excluding ortho intramolecular Hbond substituents is 1. The number of nitrogens with zero attached hydrogens (tertiary/aromatic N) is 1. The summed E-state index contributed by atoms with van der Waals surface area (Å²) in [5.74, 6) is 0.574. The summed E-state index contributed by atoms with van der Waals surface area (Å²) in [4.78, 5) is 12.5. The third-order valence-electron chi connectivity index (χ3n) is 5.36. The summed E-state index contributed by atoms with van der Waals surface area (Å²) in [6.07, 6.45) is 0. The van der Waals surface area contributed by atoms with Crippen molar-refractivity contribution in [3.05, 3.63) is 71.4 Å². The van der Waals surface area contributed by atoms with E-state index < -0.39 is 5.97 Å². The molecule has 1 aromatic heterocycles. The number of carbonyl (C=O) groups excluding carboxylic acids is 1. The minimum absolute atomic E-state index is 0.145. The molecule has 0 unspecified atom stereocenters. The number of aryl methyl sites for hydroxylation is 1. The number of fused-ring (bicyclic) bond motifs is 3. The molecule has 0 fully saturated rings. The molecule has 0 amide bonds. The molecule has 5 heteroatoms. The number of para-hydroxylation sites is 1. The van der Waals surface area contributed by atoms with Crippen LogP contribution in [0.5, 0.6) is 11.5 Å². The van der Waals surface area contributed by atoms with E-state index in [2.05, 4.69) is 4.57 Å². The predicted molar refractivity (Wildman–Crippen MR) is 114 cm³/mol. The standard InChI is InChI=1S/C24H23NO4/c1-15-8-4-7-11-21(15)29-13-12-25-16(2)22(24(27)28-3)19-14-20(26)17-9-5-6-10-18(17)23(19)25/h4-11,14,26H,12-13H2,1-3H3. The zero-order valence-corrected chi connectivity index (χ0v) is 16.7. The summed E-state index contributed by atoms with van der Waals surface area (Å²) < 4.78 is 13.1. The van der Waals surface area contributed by atoms with Gasteiger partial charge in [-0.1, -0.05) is 42.5 Å². The van der Waals surface area contributed by atoms with E-state index in [0.29, 0.717) is 24.1 Å². The molecule has 148 valence electrons. The van der Waals surface area contributed by atoms with Crippen LogP contribution in [0.4, 0.5) is 0 Å². The molecule has 0 saturated heterocycles. The average Bonchev–Trinajstić information content (AvgIpc) is 3.00. The van der Waals surface area contributed by atoms with E-state index in [1.165, 1.54) is 7.11 Å². The molecule has 0 aliphatic rings. The van der Waals surface area contributed by atoms with Crippen LogP contribution in [0.2, 0.25) is 0 Å². The quantitative estimate of drug-likeness (QED) is 0.489. The lowest BCUT2D eigenvalue weighted by atomic mass is 10.0. The molecule has 0 spiro atoms. The first-order valence-corrected chi connectivity index (χ1v) is 9.53. The Kier molecular flexibility index (Phi) is 4.89. The van der Waals surface area contributed by atoms with Crippen molar-refractivity contribution in [2.75, 3.05) is 13.7 Å². The molecule has 0 saturated carbocycles. The van der Waals surface area contributed by atoms with Crippen LogP contribution in [-0.2, 0) is 11.3 Å². The van der Waals surface area contributed by atoms with E-state index in [1.807, 2.05) is 62.4 Å². The van der Waals surface area contributed by atoms with Gasteiger partial charge < -0.3 is 19.1 Å². The van der Waals surface area contributed by atoms with Gasteiger partial charge in [0.05, 0.1) is 24.7 Å². The Hall–Kier alpha value is -3.47. The normalized spacial score (nSPS) is 11.1. The molecule has 29 heavy (non-hydrogen) atoms. The molecule has 4 rings (SSSR count). The van der Waals surface area contributed by atoms with Gasteiger partial charge in [-0.05, 0) is 31.5 Å². The third-order valence-corrected chi connectivity index (χ3v) is 5.36. The monoisotopic (exact) mass is 389 g/mol. The zero-order valence-electron chi connectivity index (χ0n) is 16.7. The fraction of sp³-hybridized carbons (Fsp3) is 0.208. The summed E-state index contributed by atoms with van der Waals surface area (Å²) in [6.45, 7) is 4.91. The predicted octanol–water partition coefficient (Wildman–Crippen LogP) is 4.98. The number of hydrogen-bond acceptors (Lipinski definition) is 4. The first-order chi connectivity index (χ1) is 14.0. The molecule has 5 nitrogen and oxygen atoms in total. The molecular weight excluding hydrogens is 366 g/mol. The van der Waals surface area contributed by atoms with Crippen LogP contribution in [0.1, 0.15) is 21.6 Å². The first-order valence-electron chi connectivity index (χ1n) is 9.53. The summed E-state index contributed by atoms with van der Waals surface area (Å²) in [6, 6.07) is 17.2. The van der Waals surface area contributed by atoms with E-state index >= 15 is 0 Å². The minimum atomic E-state index is -0.416. The van der Waals surface area contributed by atoms with Gasteiger partial charge in [0.25, 0.3) is 0 Å². The number of ether oxygens (including phenoxy) is 2. The van der Waals surface area contributed by atoms with Gasteiger partial charge in [0.1, 0.15) is 18.1 Å². The van der Waals surface area contributed by atoms with E-state index in [1.54, 1.807) is 6.07 Å². The highest BCUT2D eigenvalue weighted by Gasteiger charge is 2.23. The molecule has 0 aliphatic carbocycles. The highest BCUT2D eigenvalue weighted by atomic mass is 16.5. The van der Waals surface area contributed by atoms with E-state index in [4.69, 9.17) is 9.47 Å². The SMILES string of the molecule is COC(=O)c1c(C)n(CCOc2ccccc2C)c2c1cc(O)c1ccccc12. The van der Waals surface area contributed by atoms with Crippen molar-refractivity contribution in [3.8, 4) is 11.5 Å². The fourth-order valence-electron chi connectivity index (χ4n) is 3.92. The Bertz CT molecular complexity index is 1220. The number of hydrogen-bond donors (Lipinski definition) is 1. The second-order valence-electron chi connectivity index (χ2n) is 7.06. The Labute approximate surface area is 169 Å². The number of aromatic nitrogens is 1. The third kappa shape index (κ3) is 3.18. The number of benzene rings is 3.